The number of piperazine rings is 1. The Balaban J connectivity index is 0.00000243. The molecule has 1 amide bonds. The molecule has 0 radical (unpaired) electrons. The van der Waals surface area contributed by atoms with Crippen molar-refractivity contribution in [3.05, 3.63) is 0 Å². The van der Waals surface area contributed by atoms with Crippen LogP contribution in [0.4, 0.5) is 0 Å². The summed E-state index contributed by atoms with van der Waals surface area (Å²) >= 11 is 0. The van der Waals surface area contributed by atoms with Gasteiger partial charge in [-0.2, -0.15) is 0 Å². The number of amides is 1. The molecule has 0 aromatic rings. The number of likely N-dealkylation sites (tertiary alicyclic amines) is 1. The monoisotopic (exact) mass is 477 g/mol. The fourth-order valence-electron chi connectivity index (χ4n) is 4.46. The number of aliphatic imine (C=N–C) groups is 1. The maximum atomic E-state index is 12.6. The van der Waals surface area contributed by atoms with Gasteiger partial charge in [-0.1, -0.05) is 12.8 Å². The Hall–Kier alpha value is -0.570. The van der Waals surface area contributed by atoms with Crippen LogP contribution < -0.4 is 5.32 Å². The smallest absolute Gasteiger partial charge is 0.239 e. The van der Waals surface area contributed by atoms with Crippen LogP contribution in [0, 0.1) is 5.92 Å². The third-order valence-corrected chi connectivity index (χ3v) is 6.17. The number of hydrogen-bond acceptors (Lipinski definition) is 3. The maximum Gasteiger partial charge on any atom is 0.239 e. The summed E-state index contributed by atoms with van der Waals surface area (Å²) in [5.74, 6) is 2.16. The Morgan fingerprint density at radius 3 is 2.19 bits per heavy atom. The molecule has 26 heavy (non-hydrogen) atoms. The molecule has 2 aliphatic heterocycles. The van der Waals surface area contributed by atoms with Gasteiger partial charge < -0.3 is 15.1 Å². The first kappa shape index (κ1) is 21.7. The van der Waals surface area contributed by atoms with E-state index in [4.69, 9.17) is 0 Å². The van der Waals surface area contributed by atoms with Gasteiger partial charge in [-0.25, -0.2) is 0 Å². The van der Waals surface area contributed by atoms with Crippen molar-refractivity contribution in [2.45, 2.75) is 51.5 Å². The molecule has 1 aliphatic carbocycles. The Morgan fingerprint density at radius 1 is 1.00 bits per heavy atom. The predicted octanol–water partition coefficient (Wildman–Crippen LogP) is 2.00. The Morgan fingerprint density at radius 2 is 1.62 bits per heavy atom. The summed E-state index contributed by atoms with van der Waals surface area (Å²) in [5.41, 5.74) is 0. The van der Waals surface area contributed by atoms with Gasteiger partial charge in [0.15, 0.2) is 5.96 Å². The largest absolute Gasteiger partial charge is 0.356 e. The molecule has 0 aromatic heterocycles. The maximum absolute atomic E-state index is 12.6. The fourth-order valence-corrected chi connectivity index (χ4v) is 4.46. The first-order chi connectivity index (χ1) is 12.2. The highest BCUT2D eigenvalue weighted by atomic mass is 127. The summed E-state index contributed by atoms with van der Waals surface area (Å²) < 4.78 is 0. The molecule has 0 bridgehead atoms. The minimum absolute atomic E-state index is 0. The second kappa shape index (κ2) is 10.7. The Bertz CT molecular complexity index is 467. The van der Waals surface area contributed by atoms with Crippen LogP contribution in [0.3, 0.4) is 0 Å². The second-order valence-electron chi connectivity index (χ2n) is 7.81. The number of rotatable bonds is 4. The number of carbonyl (C=O) groups excluding carboxylic acids is 1. The average molecular weight is 477 g/mol. The van der Waals surface area contributed by atoms with Crippen LogP contribution in [-0.2, 0) is 4.79 Å². The first-order valence-corrected chi connectivity index (χ1v) is 10.2. The Kier molecular flexibility index (Phi) is 8.93. The number of nitrogens with zero attached hydrogens (tertiary/aromatic N) is 4. The van der Waals surface area contributed by atoms with Crippen molar-refractivity contribution in [1.29, 1.82) is 0 Å². The van der Waals surface area contributed by atoms with Crippen molar-refractivity contribution in [1.82, 2.24) is 20.0 Å². The van der Waals surface area contributed by atoms with E-state index in [2.05, 4.69) is 27.0 Å². The van der Waals surface area contributed by atoms with E-state index in [1.807, 2.05) is 11.9 Å². The molecule has 1 N–H and O–H groups in total. The van der Waals surface area contributed by atoms with Gasteiger partial charge >= 0.3 is 0 Å². The van der Waals surface area contributed by atoms with E-state index < -0.39 is 0 Å². The number of carbonyl (C=O) groups is 1. The predicted molar refractivity (Wildman–Crippen MR) is 117 cm³/mol. The van der Waals surface area contributed by atoms with Gasteiger partial charge in [0.2, 0.25) is 5.91 Å². The zero-order chi connectivity index (χ0) is 17.6. The van der Waals surface area contributed by atoms with Crippen LogP contribution in [0.25, 0.3) is 0 Å². The highest BCUT2D eigenvalue weighted by Crippen LogP contribution is 2.23. The van der Waals surface area contributed by atoms with Gasteiger partial charge in [0.05, 0.1) is 6.04 Å². The normalized spacial score (nSPS) is 23.8. The van der Waals surface area contributed by atoms with E-state index >= 15 is 0 Å². The summed E-state index contributed by atoms with van der Waals surface area (Å²) in [7, 11) is 1.88. The lowest BCUT2D eigenvalue weighted by Gasteiger charge is -2.39. The van der Waals surface area contributed by atoms with Gasteiger partial charge in [0.1, 0.15) is 0 Å². The third-order valence-electron chi connectivity index (χ3n) is 6.17. The van der Waals surface area contributed by atoms with E-state index in [1.54, 1.807) is 0 Å². The molecule has 2 heterocycles. The number of guanidine groups is 1. The zero-order valence-corrected chi connectivity index (χ0v) is 18.8. The van der Waals surface area contributed by atoms with Crippen LogP contribution in [0.1, 0.15) is 45.4 Å². The highest BCUT2D eigenvalue weighted by molar-refractivity contribution is 14.0. The molecule has 6 nitrogen and oxygen atoms in total. The molecule has 2 saturated heterocycles. The van der Waals surface area contributed by atoms with E-state index in [0.29, 0.717) is 5.91 Å². The van der Waals surface area contributed by atoms with Crippen LogP contribution in [0.5, 0.6) is 0 Å². The van der Waals surface area contributed by atoms with E-state index in [0.717, 1.165) is 70.5 Å². The zero-order valence-electron chi connectivity index (χ0n) is 16.5. The second-order valence-corrected chi connectivity index (χ2v) is 7.81. The molecule has 1 saturated carbocycles. The van der Waals surface area contributed by atoms with Gasteiger partial charge in [-0.3, -0.25) is 14.7 Å². The van der Waals surface area contributed by atoms with Crippen LogP contribution in [0.15, 0.2) is 4.99 Å². The van der Waals surface area contributed by atoms with Gasteiger partial charge in [-0.05, 0) is 38.5 Å². The minimum Gasteiger partial charge on any atom is -0.356 e. The number of hydrogen-bond donors (Lipinski definition) is 1. The number of nitrogens with one attached hydrogen (secondary N) is 1. The average Bonchev–Trinajstić information content (AvgIpc) is 3.35. The molecule has 7 heteroatoms. The van der Waals surface area contributed by atoms with Crippen molar-refractivity contribution < 1.29 is 4.79 Å². The minimum atomic E-state index is 0. The molecule has 1 atom stereocenters. The molecule has 0 aromatic carbocycles. The highest BCUT2D eigenvalue weighted by Gasteiger charge is 2.30. The van der Waals surface area contributed by atoms with Crippen molar-refractivity contribution >= 4 is 35.8 Å². The van der Waals surface area contributed by atoms with Gasteiger partial charge in [0.25, 0.3) is 0 Å². The van der Waals surface area contributed by atoms with E-state index in [9.17, 15) is 4.79 Å². The lowest BCUT2D eigenvalue weighted by molar-refractivity contribution is -0.135. The molecule has 0 spiro atoms. The summed E-state index contributed by atoms with van der Waals surface area (Å²) in [5, 5.41) is 3.57. The summed E-state index contributed by atoms with van der Waals surface area (Å²) in [6.45, 7) is 8.78. The summed E-state index contributed by atoms with van der Waals surface area (Å²) in [6.07, 6.45) is 7.80. The summed E-state index contributed by atoms with van der Waals surface area (Å²) in [4.78, 5) is 23.8. The molecule has 3 fully saturated rings. The lowest BCUT2D eigenvalue weighted by atomic mass is 10.1. The van der Waals surface area contributed by atoms with Gasteiger partial charge in [-0.15, -0.1) is 24.0 Å². The molecular weight excluding hydrogens is 441 g/mol. The molecule has 150 valence electrons. The molecule has 3 rings (SSSR count). The number of halogens is 1. The van der Waals surface area contributed by atoms with Crippen molar-refractivity contribution in [2.24, 2.45) is 10.9 Å². The van der Waals surface area contributed by atoms with Crippen molar-refractivity contribution in [3.63, 3.8) is 0 Å². The van der Waals surface area contributed by atoms with E-state index in [1.165, 1.54) is 25.7 Å². The Labute approximate surface area is 175 Å². The first-order valence-electron chi connectivity index (χ1n) is 10.2. The quantitative estimate of drug-likeness (QED) is 0.383. The van der Waals surface area contributed by atoms with Gasteiger partial charge in [0, 0.05) is 52.9 Å². The van der Waals surface area contributed by atoms with Crippen LogP contribution >= 0.6 is 24.0 Å². The van der Waals surface area contributed by atoms with Crippen molar-refractivity contribution in [2.75, 3.05) is 52.9 Å². The molecule has 1 unspecified atom stereocenters. The molecule has 3 aliphatic rings. The standard InChI is InChI=1S/C19H35N5O.HI/c1-16(18(25)23-9-5-6-10-23)22-11-13-24(14-12-22)19(20-2)21-15-17-7-3-4-8-17;/h16-17H,3-15H2,1-2H3,(H,20,21);1H. The summed E-state index contributed by atoms with van der Waals surface area (Å²) in [6, 6.07) is 0.00807. The van der Waals surface area contributed by atoms with Crippen molar-refractivity contribution in [3.8, 4) is 0 Å². The van der Waals surface area contributed by atoms with Crippen LogP contribution in [0.2, 0.25) is 0 Å². The lowest BCUT2D eigenvalue weighted by Crippen LogP contribution is -2.57. The third kappa shape index (κ3) is 5.47. The fraction of sp³-hybridized carbons (Fsp3) is 0.895. The van der Waals surface area contributed by atoms with Crippen LogP contribution in [-0.4, -0.2) is 85.5 Å². The molecular formula is C19H36IN5O. The topological polar surface area (TPSA) is 51.2 Å². The SMILES string of the molecule is CN=C(NCC1CCCC1)N1CCN(C(C)C(=O)N2CCCC2)CC1.I. The van der Waals surface area contributed by atoms with E-state index in [-0.39, 0.29) is 30.0 Å².